The van der Waals surface area contributed by atoms with Crippen LogP contribution >= 0.6 is 25.2 Å². The van der Waals surface area contributed by atoms with Crippen molar-refractivity contribution in [2.24, 2.45) is 5.41 Å². The number of nitrogens with zero attached hydrogens (tertiary/aromatic N) is 2. The fraction of sp³-hybridized carbons (Fsp3) is 0.391. The molecule has 0 spiro atoms. The van der Waals surface area contributed by atoms with Crippen molar-refractivity contribution >= 4 is 42.5 Å². The molecule has 2 aromatic carbocycles. The van der Waals surface area contributed by atoms with Crippen LogP contribution < -0.4 is 5.30 Å². The van der Waals surface area contributed by atoms with E-state index in [-0.39, 0.29) is 24.1 Å². The second-order valence-electron chi connectivity index (χ2n) is 8.70. The van der Waals surface area contributed by atoms with Gasteiger partial charge >= 0.3 is 6.09 Å². The average molecular weight is 491 g/mol. The lowest BCUT2D eigenvalue weighted by Gasteiger charge is -2.38. The van der Waals surface area contributed by atoms with Gasteiger partial charge in [-0.1, -0.05) is 73.1 Å². The van der Waals surface area contributed by atoms with Gasteiger partial charge in [-0.2, -0.15) is 0 Å². The predicted molar refractivity (Wildman–Crippen MR) is 125 cm³/mol. The summed E-state index contributed by atoms with van der Waals surface area (Å²) in [6.45, 7) is 6.26. The predicted octanol–water partition coefficient (Wildman–Crippen LogP) is 4.34. The first-order chi connectivity index (χ1) is 14.1. The molecule has 1 aliphatic rings. The van der Waals surface area contributed by atoms with Crippen molar-refractivity contribution in [2.45, 2.75) is 46.0 Å². The third kappa shape index (κ3) is 4.87. The van der Waals surface area contributed by atoms with E-state index in [2.05, 4.69) is 25.2 Å². The molecule has 30 heavy (non-hydrogen) atoms. The fourth-order valence-electron chi connectivity index (χ4n) is 4.00. The lowest BCUT2D eigenvalue weighted by Crippen LogP contribution is -2.51. The fourth-order valence-corrected chi connectivity index (χ4v) is 5.01. The number of amides is 2. The summed E-state index contributed by atoms with van der Waals surface area (Å²) in [5, 5.41) is 0.997. The number of likely N-dealkylation sites (N-methyl/N-ethyl adjacent to an activating group) is 1. The van der Waals surface area contributed by atoms with E-state index >= 15 is 0 Å². The van der Waals surface area contributed by atoms with E-state index in [9.17, 15) is 9.59 Å². The van der Waals surface area contributed by atoms with Crippen molar-refractivity contribution in [3.05, 3.63) is 64.1 Å². The number of benzene rings is 2. The summed E-state index contributed by atoms with van der Waals surface area (Å²) < 4.78 is 6.62. The molecule has 3 rings (SSSR count). The Morgan fingerprint density at radius 1 is 1.17 bits per heavy atom. The van der Waals surface area contributed by atoms with Crippen LogP contribution in [0.15, 0.2) is 53.0 Å². The van der Waals surface area contributed by atoms with Crippen LogP contribution in [0.5, 0.6) is 0 Å². The summed E-state index contributed by atoms with van der Waals surface area (Å²) in [5.41, 5.74) is 1.59. The largest absolute Gasteiger partial charge is 0.444 e. The first-order valence-corrected chi connectivity index (χ1v) is 11.3. The second kappa shape index (κ2) is 9.07. The van der Waals surface area contributed by atoms with Crippen molar-refractivity contribution in [1.82, 2.24) is 9.80 Å². The number of rotatable bonds is 4. The van der Waals surface area contributed by atoms with Crippen LogP contribution in [0.25, 0.3) is 0 Å². The van der Waals surface area contributed by atoms with E-state index in [4.69, 9.17) is 4.74 Å². The molecule has 1 saturated heterocycles. The summed E-state index contributed by atoms with van der Waals surface area (Å²) in [6.07, 6.45) is -0.423. The third-order valence-corrected chi connectivity index (χ3v) is 6.34. The van der Waals surface area contributed by atoms with E-state index < -0.39 is 12.1 Å². The Kier molecular flexibility index (Phi) is 6.88. The number of halogens is 1. The molecule has 0 bridgehead atoms. The highest BCUT2D eigenvalue weighted by Crippen LogP contribution is 2.35. The molecule has 0 N–H and O–H groups in total. The van der Waals surface area contributed by atoms with Gasteiger partial charge in [0.2, 0.25) is 5.91 Å². The van der Waals surface area contributed by atoms with E-state index in [1.165, 1.54) is 0 Å². The molecule has 0 radical (unpaired) electrons. The summed E-state index contributed by atoms with van der Waals surface area (Å²) >= 11 is 3.47. The van der Waals surface area contributed by atoms with Crippen LogP contribution in [-0.2, 0) is 22.6 Å². The Morgan fingerprint density at radius 3 is 2.43 bits per heavy atom. The molecule has 160 valence electrons. The van der Waals surface area contributed by atoms with Crippen LogP contribution in [0.2, 0.25) is 0 Å². The van der Waals surface area contributed by atoms with Gasteiger partial charge < -0.3 is 9.64 Å². The number of hydrogen-bond acceptors (Lipinski definition) is 3. The lowest BCUT2D eigenvalue weighted by atomic mass is 9.91. The lowest BCUT2D eigenvalue weighted by molar-refractivity contribution is -0.129. The minimum absolute atomic E-state index is 0.0705. The van der Waals surface area contributed by atoms with Crippen LogP contribution in [0.4, 0.5) is 4.79 Å². The molecule has 7 heteroatoms. The molecule has 0 aromatic heterocycles. The Labute approximate surface area is 189 Å². The maximum atomic E-state index is 13.2. The van der Waals surface area contributed by atoms with Crippen LogP contribution in [0.3, 0.4) is 0 Å². The standard InChI is InChI=1S/C23H28BrN2O3P/c1-23(2,3)21-25(4)20(27)18(12-16-10-11-17(24)13-19(16)30)26(21)22(28)29-14-15-8-6-5-7-9-15/h5-11,13,18,21H,12,14,30H2,1-4H3/t18-,21?/m0/s1. The minimum Gasteiger partial charge on any atom is -0.444 e. The molecule has 2 aromatic rings. The van der Waals surface area contributed by atoms with Crippen molar-refractivity contribution in [3.8, 4) is 0 Å². The monoisotopic (exact) mass is 490 g/mol. The highest BCUT2D eigenvalue weighted by molar-refractivity contribution is 9.10. The number of carbonyl (C=O) groups is 2. The van der Waals surface area contributed by atoms with Gasteiger partial charge in [-0.05, 0) is 28.6 Å². The molecule has 2 amide bonds. The quantitative estimate of drug-likeness (QED) is 0.598. The van der Waals surface area contributed by atoms with Gasteiger partial charge in [0.15, 0.2) is 0 Å². The maximum Gasteiger partial charge on any atom is 0.412 e. The third-order valence-electron chi connectivity index (χ3n) is 5.31. The molecule has 0 saturated carbocycles. The maximum absolute atomic E-state index is 13.2. The molecule has 1 heterocycles. The zero-order chi connectivity index (χ0) is 22.1. The summed E-state index contributed by atoms with van der Waals surface area (Å²) in [5.74, 6) is -0.0705. The molecule has 3 atom stereocenters. The molecule has 1 aliphatic heterocycles. The van der Waals surface area contributed by atoms with Gasteiger partial charge in [0.25, 0.3) is 0 Å². The smallest absolute Gasteiger partial charge is 0.412 e. The summed E-state index contributed by atoms with van der Waals surface area (Å²) in [6, 6.07) is 14.9. The van der Waals surface area contributed by atoms with E-state index in [1.54, 1.807) is 16.8 Å². The van der Waals surface area contributed by atoms with Gasteiger partial charge in [0.1, 0.15) is 18.8 Å². The SMILES string of the molecule is CN1C(=O)[C@H](Cc2ccc(Br)cc2P)N(C(=O)OCc2ccccc2)C1C(C)(C)C. The first kappa shape index (κ1) is 22.8. The molecule has 5 nitrogen and oxygen atoms in total. The zero-order valence-corrected chi connectivity index (χ0v) is 20.5. The van der Waals surface area contributed by atoms with E-state index in [0.717, 1.165) is 20.9 Å². The minimum atomic E-state index is -0.608. The number of carbonyl (C=O) groups excluding carboxylic acids is 2. The van der Waals surface area contributed by atoms with E-state index in [1.807, 2.05) is 69.3 Å². The van der Waals surface area contributed by atoms with E-state index in [0.29, 0.717) is 6.42 Å². The Bertz CT molecular complexity index is 930. The number of hydrogen-bond donors (Lipinski definition) is 0. The highest BCUT2D eigenvalue weighted by atomic mass is 79.9. The highest BCUT2D eigenvalue weighted by Gasteiger charge is 2.52. The van der Waals surface area contributed by atoms with Crippen molar-refractivity contribution < 1.29 is 14.3 Å². The average Bonchev–Trinajstić information content (AvgIpc) is 2.94. The topological polar surface area (TPSA) is 49.9 Å². The first-order valence-electron chi connectivity index (χ1n) is 9.89. The molecule has 1 fully saturated rings. The van der Waals surface area contributed by atoms with Crippen molar-refractivity contribution in [2.75, 3.05) is 7.05 Å². The van der Waals surface area contributed by atoms with Gasteiger partial charge in [0, 0.05) is 23.4 Å². The molecule has 2 unspecified atom stereocenters. The molecular formula is C23H28BrN2O3P. The van der Waals surface area contributed by atoms with Crippen LogP contribution in [0, 0.1) is 5.41 Å². The Balaban J connectivity index is 1.89. The zero-order valence-electron chi connectivity index (χ0n) is 17.8. The van der Waals surface area contributed by atoms with Crippen molar-refractivity contribution in [3.63, 3.8) is 0 Å². The molecule has 0 aliphatic carbocycles. The molecular weight excluding hydrogens is 463 g/mol. The normalized spacial score (nSPS) is 19.3. The Morgan fingerprint density at radius 2 is 1.83 bits per heavy atom. The van der Waals surface area contributed by atoms with Crippen LogP contribution in [0.1, 0.15) is 31.9 Å². The van der Waals surface area contributed by atoms with Gasteiger partial charge in [0.05, 0.1) is 0 Å². The second-order valence-corrected chi connectivity index (χ2v) is 10.2. The van der Waals surface area contributed by atoms with Crippen LogP contribution in [-0.4, -0.2) is 41.1 Å². The van der Waals surface area contributed by atoms with Crippen molar-refractivity contribution in [1.29, 1.82) is 0 Å². The summed E-state index contributed by atoms with van der Waals surface area (Å²) in [4.78, 5) is 29.7. The Hall–Kier alpha value is -1.91. The summed E-state index contributed by atoms with van der Waals surface area (Å²) in [7, 11) is 4.47. The number of ether oxygens (including phenoxy) is 1. The van der Waals surface area contributed by atoms with Gasteiger partial charge in [-0.3, -0.25) is 9.69 Å². The van der Waals surface area contributed by atoms with Gasteiger partial charge in [-0.25, -0.2) is 4.79 Å². The van der Waals surface area contributed by atoms with Gasteiger partial charge in [-0.15, -0.1) is 9.24 Å².